The van der Waals surface area contributed by atoms with Gasteiger partial charge in [0, 0.05) is 43.7 Å². The third kappa shape index (κ3) is 5.89. The Labute approximate surface area is 221 Å². The van der Waals surface area contributed by atoms with E-state index in [4.69, 9.17) is 16.7 Å². The van der Waals surface area contributed by atoms with Crippen LogP contribution in [0.1, 0.15) is 26.3 Å². The number of carbonyl (C=O) groups excluding carboxylic acids is 2. The zero-order valence-corrected chi connectivity index (χ0v) is 21.2. The molecule has 1 heterocycles. The highest BCUT2D eigenvalue weighted by atomic mass is 35.5. The van der Waals surface area contributed by atoms with E-state index in [9.17, 15) is 9.59 Å². The first-order valence-corrected chi connectivity index (χ1v) is 12.3. The van der Waals surface area contributed by atoms with E-state index in [0.29, 0.717) is 41.5 Å². The predicted molar refractivity (Wildman–Crippen MR) is 149 cm³/mol. The molecule has 0 unspecified atom stereocenters. The summed E-state index contributed by atoms with van der Waals surface area (Å²) in [6, 6.07) is 30.1. The number of hydrogen-bond donors (Lipinski definition) is 3. The molecule has 188 valence electrons. The molecule has 0 radical (unpaired) electrons. The van der Waals surface area contributed by atoms with Gasteiger partial charge in [0.15, 0.2) is 0 Å². The lowest BCUT2D eigenvalue weighted by molar-refractivity contribution is 0.0986. The van der Waals surface area contributed by atoms with Crippen molar-refractivity contribution < 1.29 is 14.7 Å². The van der Waals surface area contributed by atoms with Crippen LogP contribution in [-0.4, -0.2) is 37.1 Å². The fraction of sp³-hybridized carbons (Fsp3) is 0.133. The molecule has 0 bridgehead atoms. The van der Waals surface area contributed by atoms with Crippen molar-refractivity contribution in [3.8, 4) is 11.1 Å². The Bertz CT molecular complexity index is 1390. The molecule has 4 aromatic carbocycles. The molecule has 1 aliphatic heterocycles. The number of para-hydroxylation sites is 1. The van der Waals surface area contributed by atoms with Gasteiger partial charge in [-0.3, -0.25) is 9.59 Å². The monoisotopic (exact) mass is 513 g/mol. The van der Waals surface area contributed by atoms with Crippen LogP contribution in [0.4, 0.5) is 11.4 Å². The molecule has 0 saturated carbocycles. The van der Waals surface area contributed by atoms with Gasteiger partial charge in [-0.25, -0.2) is 0 Å². The van der Waals surface area contributed by atoms with E-state index in [1.54, 1.807) is 29.2 Å². The quantitative estimate of drug-likeness (QED) is 0.331. The van der Waals surface area contributed by atoms with Crippen LogP contribution in [0.15, 0.2) is 97.1 Å². The smallest absolute Gasteiger partial charge is 0.259 e. The largest absolute Gasteiger partial charge is 0.400 e. The first-order valence-electron chi connectivity index (χ1n) is 11.9. The number of fused-ring (bicyclic) bond motifs is 1. The maximum atomic E-state index is 13.4. The Hall–Kier alpha value is -3.97. The molecule has 0 aliphatic carbocycles. The van der Waals surface area contributed by atoms with Gasteiger partial charge >= 0.3 is 0 Å². The Kier molecular flexibility index (Phi) is 8.69. The molecule has 2 amide bonds. The van der Waals surface area contributed by atoms with Gasteiger partial charge in [-0.2, -0.15) is 0 Å². The summed E-state index contributed by atoms with van der Waals surface area (Å²) in [5, 5.41) is 13.6. The Morgan fingerprint density at radius 3 is 2.35 bits per heavy atom. The Balaban J connectivity index is 0.00000156. The van der Waals surface area contributed by atoms with Gasteiger partial charge in [-0.05, 0) is 47.0 Å². The summed E-state index contributed by atoms with van der Waals surface area (Å²) in [5.74, 6) is -0.412. The summed E-state index contributed by atoms with van der Waals surface area (Å²) in [5.41, 5.74) is 5.23. The summed E-state index contributed by atoms with van der Waals surface area (Å²) in [6.45, 7) is 1.94. The first-order chi connectivity index (χ1) is 18.1. The maximum absolute atomic E-state index is 13.4. The summed E-state index contributed by atoms with van der Waals surface area (Å²) in [6.07, 6.45) is 0. The van der Waals surface area contributed by atoms with Crippen molar-refractivity contribution in [2.45, 2.75) is 6.54 Å². The third-order valence-corrected chi connectivity index (χ3v) is 6.38. The topological polar surface area (TPSA) is 81.7 Å². The lowest BCUT2D eigenvalue weighted by Crippen LogP contribution is -2.34. The molecule has 3 N–H and O–H groups in total. The first kappa shape index (κ1) is 26.1. The van der Waals surface area contributed by atoms with Crippen LogP contribution in [0.25, 0.3) is 11.1 Å². The summed E-state index contributed by atoms with van der Waals surface area (Å²) in [7, 11) is 1.00. The number of benzene rings is 4. The second-order valence-electron chi connectivity index (χ2n) is 8.32. The van der Waals surface area contributed by atoms with Crippen molar-refractivity contribution in [1.82, 2.24) is 5.32 Å². The van der Waals surface area contributed by atoms with E-state index in [0.717, 1.165) is 29.5 Å². The zero-order chi connectivity index (χ0) is 26.2. The molecule has 7 heteroatoms. The average molecular weight is 514 g/mol. The molecule has 37 heavy (non-hydrogen) atoms. The molecule has 6 nitrogen and oxygen atoms in total. The summed E-state index contributed by atoms with van der Waals surface area (Å²) < 4.78 is 0. The molecule has 0 spiro atoms. The number of nitrogens with one attached hydrogen (secondary N) is 2. The van der Waals surface area contributed by atoms with Crippen LogP contribution in [0.2, 0.25) is 5.02 Å². The molecule has 4 aromatic rings. The highest BCUT2D eigenvalue weighted by Gasteiger charge is 2.24. The van der Waals surface area contributed by atoms with Crippen molar-refractivity contribution >= 4 is 34.8 Å². The molecule has 1 aliphatic rings. The van der Waals surface area contributed by atoms with Crippen LogP contribution in [0.3, 0.4) is 0 Å². The van der Waals surface area contributed by atoms with Gasteiger partial charge in [0.1, 0.15) is 0 Å². The van der Waals surface area contributed by atoms with Crippen LogP contribution < -0.4 is 15.5 Å². The SMILES string of the molecule is CO.O=C(Nc1ccc(C(=O)N2CCNCc3ccccc32)c(Cl)c1)c1ccccc1-c1ccccc1. The average Bonchev–Trinajstić information content (AvgIpc) is 3.17. The highest BCUT2D eigenvalue weighted by Crippen LogP contribution is 2.29. The van der Waals surface area contributed by atoms with Crippen molar-refractivity contribution in [3.05, 3.63) is 119 Å². The molecule has 0 atom stereocenters. The number of aliphatic hydroxyl groups is 1. The predicted octanol–water partition coefficient (Wildman–Crippen LogP) is 5.62. The fourth-order valence-corrected chi connectivity index (χ4v) is 4.59. The zero-order valence-electron chi connectivity index (χ0n) is 20.4. The lowest BCUT2D eigenvalue weighted by Gasteiger charge is -2.23. The number of aliphatic hydroxyl groups excluding tert-OH is 1. The van der Waals surface area contributed by atoms with Gasteiger partial charge in [0.25, 0.3) is 11.8 Å². The third-order valence-electron chi connectivity index (χ3n) is 6.07. The summed E-state index contributed by atoms with van der Waals surface area (Å²) >= 11 is 6.55. The molecule has 0 aromatic heterocycles. The van der Waals surface area contributed by atoms with E-state index in [2.05, 4.69) is 10.6 Å². The standard InChI is InChI=1S/C29H24ClN3O2.CH4O/c30-26-18-22(32-28(34)24-12-6-5-11-23(24)20-8-2-1-3-9-20)14-15-25(26)29(35)33-17-16-31-19-21-10-4-7-13-27(21)33;1-2/h1-15,18,31H,16-17,19H2,(H,32,34);2H,1H3. The molecule has 0 fully saturated rings. The van der Waals surface area contributed by atoms with Gasteiger partial charge in [0.05, 0.1) is 10.6 Å². The minimum atomic E-state index is -0.243. The molecule has 5 rings (SSSR count). The highest BCUT2D eigenvalue weighted by molar-refractivity contribution is 6.35. The van der Waals surface area contributed by atoms with Crippen molar-refractivity contribution in [3.63, 3.8) is 0 Å². The van der Waals surface area contributed by atoms with Gasteiger partial charge < -0.3 is 20.6 Å². The minimum absolute atomic E-state index is 0.168. The number of amides is 2. The number of rotatable bonds is 4. The fourth-order valence-electron chi connectivity index (χ4n) is 4.33. The Morgan fingerprint density at radius 2 is 1.57 bits per heavy atom. The number of carbonyl (C=O) groups is 2. The number of nitrogens with zero attached hydrogens (tertiary/aromatic N) is 1. The van der Waals surface area contributed by atoms with E-state index >= 15 is 0 Å². The van der Waals surface area contributed by atoms with E-state index in [-0.39, 0.29) is 11.8 Å². The van der Waals surface area contributed by atoms with Crippen molar-refractivity contribution in [2.75, 3.05) is 30.4 Å². The van der Waals surface area contributed by atoms with Gasteiger partial charge in [-0.15, -0.1) is 0 Å². The van der Waals surface area contributed by atoms with Gasteiger partial charge in [-0.1, -0.05) is 78.3 Å². The summed E-state index contributed by atoms with van der Waals surface area (Å²) in [4.78, 5) is 28.3. The molecule has 0 saturated heterocycles. The normalized spacial score (nSPS) is 12.5. The van der Waals surface area contributed by atoms with E-state index in [1.807, 2.05) is 72.8 Å². The number of hydrogen-bond acceptors (Lipinski definition) is 4. The molecular weight excluding hydrogens is 486 g/mol. The van der Waals surface area contributed by atoms with Crippen LogP contribution >= 0.6 is 11.6 Å². The van der Waals surface area contributed by atoms with E-state index in [1.165, 1.54) is 0 Å². The Morgan fingerprint density at radius 1 is 0.865 bits per heavy atom. The number of anilines is 2. The van der Waals surface area contributed by atoms with Crippen LogP contribution in [0.5, 0.6) is 0 Å². The maximum Gasteiger partial charge on any atom is 0.259 e. The second kappa shape index (κ2) is 12.3. The minimum Gasteiger partial charge on any atom is -0.400 e. The number of halogens is 1. The van der Waals surface area contributed by atoms with Gasteiger partial charge in [0.2, 0.25) is 0 Å². The second-order valence-corrected chi connectivity index (χ2v) is 8.73. The van der Waals surface area contributed by atoms with Crippen LogP contribution in [0, 0.1) is 0 Å². The van der Waals surface area contributed by atoms with Crippen molar-refractivity contribution in [1.29, 1.82) is 0 Å². The van der Waals surface area contributed by atoms with E-state index < -0.39 is 0 Å². The van der Waals surface area contributed by atoms with Crippen molar-refractivity contribution in [2.24, 2.45) is 0 Å². The molecular formula is C30H28ClN3O3. The van der Waals surface area contributed by atoms with Crippen LogP contribution in [-0.2, 0) is 6.54 Å². The lowest BCUT2D eigenvalue weighted by atomic mass is 9.99.